The summed E-state index contributed by atoms with van der Waals surface area (Å²) in [4.78, 5) is 17.3. The van der Waals surface area contributed by atoms with Crippen LogP contribution >= 0.6 is 0 Å². The van der Waals surface area contributed by atoms with Gasteiger partial charge < -0.3 is 9.97 Å². The normalized spacial score (nSPS) is 10.8. The van der Waals surface area contributed by atoms with Crippen LogP contribution in [0.3, 0.4) is 0 Å². The number of hydrogen-bond donors (Lipinski definition) is 2. The van der Waals surface area contributed by atoms with Gasteiger partial charge in [-0.05, 0) is 17.2 Å². The van der Waals surface area contributed by atoms with Crippen molar-refractivity contribution in [2.45, 2.75) is 0 Å². The van der Waals surface area contributed by atoms with Crippen LogP contribution in [0.1, 0.15) is 0 Å². The standard InChI is InChI=1S/C13H10N2O/c16-12-8-11(9-4-2-1-3-5-9)10-6-7-14-13(10)15-12/h1-8H,(H2,14,15,16). The van der Waals surface area contributed by atoms with E-state index in [4.69, 9.17) is 0 Å². The van der Waals surface area contributed by atoms with Gasteiger partial charge in [0.05, 0.1) is 0 Å². The third-order valence-corrected chi connectivity index (χ3v) is 2.65. The van der Waals surface area contributed by atoms with E-state index in [1.165, 1.54) is 0 Å². The van der Waals surface area contributed by atoms with Gasteiger partial charge in [-0.1, -0.05) is 30.3 Å². The van der Waals surface area contributed by atoms with Gasteiger partial charge in [-0.25, -0.2) is 0 Å². The number of aromatic nitrogens is 2. The molecule has 0 atom stereocenters. The number of rotatable bonds is 1. The fourth-order valence-electron chi connectivity index (χ4n) is 1.92. The maximum Gasteiger partial charge on any atom is 0.250 e. The molecular weight excluding hydrogens is 200 g/mol. The minimum absolute atomic E-state index is 0.0891. The highest BCUT2D eigenvalue weighted by Gasteiger charge is 2.05. The molecule has 2 N–H and O–H groups in total. The van der Waals surface area contributed by atoms with E-state index < -0.39 is 0 Å². The van der Waals surface area contributed by atoms with Gasteiger partial charge in [0.15, 0.2) is 0 Å². The number of H-pyrrole nitrogens is 2. The lowest BCUT2D eigenvalue weighted by Crippen LogP contribution is -2.04. The molecule has 0 aliphatic carbocycles. The van der Waals surface area contributed by atoms with Crippen molar-refractivity contribution < 1.29 is 0 Å². The molecule has 0 unspecified atom stereocenters. The molecule has 3 nitrogen and oxygen atoms in total. The first kappa shape index (κ1) is 8.97. The van der Waals surface area contributed by atoms with E-state index in [9.17, 15) is 4.79 Å². The molecule has 0 aliphatic rings. The third-order valence-electron chi connectivity index (χ3n) is 2.65. The summed E-state index contributed by atoms with van der Waals surface area (Å²) in [6.45, 7) is 0. The van der Waals surface area contributed by atoms with Crippen LogP contribution in [0, 0.1) is 0 Å². The second-order valence-corrected chi connectivity index (χ2v) is 3.68. The van der Waals surface area contributed by atoms with Gasteiger partial charge >= 0.3 is 0 Å². The van der Waals surface area contributed by atoms with Crippen molar-refractivity contribution >= 4 is 11.0 Å². The van der Waals surface area contributed by atoms with Crippen LogP contribution in [-0.4, -0.2) is 9.97 Å². The predicted molar refractivity (Wildman–Crippen MR) is 64.4 cm³/mol. The van der Waals surface area contributed by atoms with Crippen molar-refractivity contribution in [3.05, 3.63) is 59.0 Å². The molecule has 0 fully saturated rings. The Labute approximate surface area is 91.8 Å². The van der Waals surface area contributed by atoms with Crippen LogP contribution < -0.4 is 5.56 Å². The Morgan fingerprint density at radius 1 is 1.00 bits per heavy atom. The Bertz CT molecular complexity index is 680. The van der Waals surface area contributed by atoms with Gasteiger partial charge in [0.2, 0.25) is 5.56 Å². The minimum atomic E-state index is -0.0891. The zero-order chi connectivity index (χ0) is 11.0. The van der Waals surface area contributed by atoms with Crippen LogP contribution in [-0.2, 0) is 0 Å². The average molecular weight is 210 g/mol. The summed E-state index contributed by atoms with van der Waals surface area (Å²) < 4.78 is 0. The molecule has 2 aromatic heterocycles. The summed E-state index contributed by atoms with van der Waals surface area (Å²) in [5, 5.41) is 1.03. The Morgan fingerprint density at radius 3 is 2.62 bits per heavy atom. The summed E-state index contributed by atoms with van der Waals surface area (Å²) >= 11 is 0. The summed E-state index contributed by atoms with van der Waals surface area (Å²) in [5.74, 6) is 0. The number of nitrogens with one attached hydrogen (secondary N) is 2. The maximum atomic E-state index is 11.5. The molecular formula is C13H10N2O. The van der Waals surface area contributed by atoms with Crippen LogP contribution in [0.25, 0.3) is 22.2 Å². The molecule has 1 aromatic carbocycles. The molecule has 3 aromatic rings. The van der Waals surface area contributed by atoms with Gasteiger partial charge in [-0.2, -0.15) is 0 Å². The number of pyridine rings is 1. The molecule has 0 spiro atoms. The summed E-state index contributed by atoms with van der Waals surface area (Å²) in [6, 6.07) is 13.5. The Balaban J connectivity index is 2.39. The molecule has 0 radical (unpaired) electrons. The van der Waals surface area contributed by atoms with E-state index in [0.29, 0.717) is 0 Å². The van der Waals surface area contributed by atoms with Crippen molar-refractivity contribution in [2.75, 3.05) is 0 Å². The lowest BCUT2D eigenvalue weighted by molar-refractivity contribution is 1.26. The second-order valence-electron chi connectivity index (χ2n) is 3.68. The summed E-state index contributed by atoms with van der Waals surface area (Å²) in [7, 11) is 0. The number of aromatic amines is 2. The fourth-order valence-corrected chi connectivity index (χ4v) is 1.92. The number of benzene rings is 1. The molecule has 0 saturated carbocycles. The smallest absolute Gasteiger partial charge is 0.250 e. The third kappa shape index (κ3) is 1.34. The first-order chi connectivity index (χ1) is 7.84. The Hall–Kier alpha value is -2.29. The number of fused-ring (bicyclic) bond motifs is 1. The lowest BCUT2D eigenvalue weighted by Gasteiger charge is -2.02. The molecule has 2 heterocycles. The van der Waals surface area contributed by atoms with E-state index in [2.05, 4.69) is 9.97 Å². The second kappa shape index (κ2) is 3.38. The van der Waals surface area contributed by atoms with Crippen LogP contribution in [0.15, 0.2) is 53.5 Å². The van der Waals surface area contributed by atoms with Crippen molar-refractivity contribution in [1.82, 2.24) is 9.97 Å². The monoisotopic (exact) mass is 210 g/mol. The SMILES string of the molecule is O=c1cc(-c2ccccc2)c2cc[nH]c2[nH]1. The fraction of sp³-hybridized carbons (Fsp3) is 0. The van der Waals surface area contributed by atoms with E-state index >= 15 is 0 Å². The first-order valence-corrected chi connectivity index (χ1v) is 5.10. The van der Waals surface area contributed by atoms with Crippen LogP contribution in [0.2, 0.25) is 0 Å². The van der Waals surface area contributed by atoms with Crippen LogP contribution in [0.5, 0.6) is 0 Å². The quantitative estimate of drug-likeness (QED) is 0.637. The molecule has 3 heteroatoms. The minimum Gasteiger partial charge on any atom is -0.348 e. The van der Waals surface area contributed by atoms with Crippen molar-refractivity contribution in [3.8, 4) is 11.1 Å². The van der Waals surface area contributed by atoms with Gasteiger partial charge in [0, 0.05) is 17.6 Å². The summed E-state index contributed by atoms with van der Waals surface area (Å²) in [5.41, 5.74) is 2.69. The highest BCUT2D eigenvalue weighted by Crippen LogP contribution is 2.24. The molecule has 16 heavy (non-hydrogen) atoms. The van der Waals surface area contributed by atoms with Crippen molar-refractivity contribution in [3.63, 3.8) is 0 Å². The Kier molecular flexibility index (Phi) is 1.90. The van der Waals surface area contributed by atoms with Gasteiger partial charge in [-0.3, -0.25) is 4.79 Å². The van der Waals surface area contributed by atoms with Crippen molar-refractivity contribution in [1.29, 1.82) is 0 Å². The lowest BCUT2D eigenvalue weighted by atomic mass is 10.0. The largest absolute Gasteiger partial charge is 0.348 e. The predicted octanol–water partition coefficient (Wildman–Crippen LogP) is 2.52. The van der Waals surface area contributed by atoms with Crippen molar-refractivity contribution in [2.24, 2.45) is 0 Å². The topological polar surface area (TPSA) is 48.6 Å². The average Bonchev–Trinajstić information content (AvgIpc) is 2.77. The summed E-state index contributed by atoms with van der Waals surface area (Å²) in [6.07, 6.45) is 1.83. The van der Waals surface area contributed by atoms with E-state index in [1.54, 1.807) is 6.07 Å². The zero-order valence-corrected chi connectivity index (χ0v) is 8.53. The van der Waals surface area contributed by atoms with E-state index in [1.807, 2.05) is 42.6 Å². The van der Waals surface area contributed by atoms with Gasteiger partial charge in [0.25, 0.3) is 0 Å². The first-order valence-electron chi connectivity index (χ1n) is 5.10. The van der Waals surface area contributed by atoms with Crippen LogP contribution in [0.4, 0.5) is 0 Å². The molecule has 0 saturated heterocycles. The van der Waals surface area contributed by atoms with E-state index in [0.717, 1.165) is 22.2 Å². The molecule has 0 bridgehead atoms. The highest BCUT2D eigenvalue weighted by atomic mass is 16.1. The Morgan fingerprint density at radius 2 is 1.81 bits per heavy atom. The molecule has 0 aliphatic heterocycles. The van der Waals surface area contributed by atoms with Gasteiger partial charge in [-0.15, -0.1) is 0 Å². The van der Waals surface area contributed by atoms with E-state index in [-0.39, 0.29) is 5.56 Å². The number of hydrogen-bond acceptors (Lipinski definition) is 1. The highest BCUT2D eigenvalue weighted by molar-refractivity contribution is 5.92. The molecule has 3 rings (SSSR count). The van der Waals surface area contributed by atoms with Gasteiger partial charge in [0.1, 0.15) is 5.65 Å². The zero-order valence-electron chi connectivity index (χ0n) is 8.53. The molecule has 0 amide bonds. The molecule has 78 valence electrons. The maximum absolute atomic E-state index is 11.5.